The lowest BCUT2D eigenvalue weighted by Crippen LogP contribution is -2.51. The first-order chi connectivity index (χ1) is 11.2. The number of para-hydroxylation sites is 1. The van der Waals surface area contributed by atoms with Crippen molar-refractivity contribution in [2.45, 2.75) is 25.8 Å². The fourth-order valence-electron chi connectivity index (χ4n) is 3.23. The molecule has 2 aromatic rings. The SMILES string of the molecule is C[C@H](CC#N)N1CCN(C(=O)Cc2c[nH]c3ccccc23)CC1. The first kappa shape index (κ1) is 15.6. The third kappa shape index (κ3) is 3.38. The van der Waals surface area contributed by atoms with E-state index in [1.165, 1.54) is 0 Å². The highest BCUT2D eigenvalue weighted by molar-refractivity contribution is 5.88. The summed E-state index contributed by atoms with van der Waals surface area (Å²) < 4.78 is 0. The minimum Gasteiger partial charge on any atom is -0.361 e. The molecule has 1 fully saturated rings. The molecule has 0 unspecified atom stereocenters. The Morgan fingerprint density at radius 1 is 1.30 bits per heavy atom. The summed E-state index contributed by atoms with van der Waals surface area (Å²) in [5.74, 6) is 0.183. The Kier molecular flexibility index (Phi) is 4.63. The standard InChI is InChI=1S/C18H22N4O/c1-14(6-7-19)21-8-10-22(11-9-21)18(23)12-15-13-20-17-5-3-2-4-16(15)17/h2-5,13-14,20H,6,8-12H2,1H3/t14-/m1/s1. The van der Waals surface area contributed by atoms with E-state index in [0.717, 1.165) is 42.6 Å². The second-order valence-corrected chi connectivity index (χ2v) is 6.16. The van der Waals surface area contributed by atoms with Crippen molar-refractivity contribution in [1.82, 2.24) is 14.8 Å². The second-order valence-electron chi connectivity index (χ2n) is 6.16. The summed E-state index contributed by atoms with van der Waals surface area (Å²) in [5.41, 5.74) is 2.14. The average molecular weight is 310 g/mol. The second kappa shape index (κ2) is 6.84. The quantitative estimate of drug-likeness (QED) is 0.941. The Morgan fingerprint density at radius 3 is 2.78 bits per heavy atom. The van der Waals surface area contributed by atoms with E-state index in [0.29, 0.717) is 12.8 Å². The topological polar surface area (TPSA) is 63.1 Å². The third-order valence-corrected chi connectivity index (χ3v) is 4.69. The summed E-state index contributed by atoms with van der Waals surface area (Å²) in [5, 5.41) is 9.92. The molecule has 0 bridgehead atoms. The van der Waals surface area contributed by atoms with Gasteiger partial charge in [-0.2, -0.15) is 5.26 Å². The predicted molar refractivity (Wildman–Crippen MR) is 89.8 cm³/mol. The molecule has 5 heteroatoms. The van der Waals surface area contributed by atoms with Gasteiger partial charge in [-0.25, -0.2) is 0 Å². The van der Waals surface area contributed by atoms with Crippen molar-refractivity contribution in [1.29, 1.82) is 5.26 Å². The minimum absolute atomic E-state index is 0.183. The van der Waals surface area contributed by atoms with Gasteiger partial charge in [0, 0.05) is 49.3 Å². The molecule has 0 spiro atoms. The van der Waals surface area contributed by atoms with Crippen LogP contribution >= 0.6 is 0 Å². The number of H-pyrrole nitrogens is 1. The molecule has 5 nitrogen and oxygen atoms in total. The molecule has 0 saturated carbocycles. The summed E-state index contributed by atoms with van der Waals surface area (Å²) >= 11 is 0. The number of aromatic nitrogens is 1. The van der Waals surface area contributed by atoms with Gasteiger partial charge in [0.25, 0.3) is 0 Å². The number of hydrogen-bond acceptors (Lipinski definition) is 3. The van der Waals surface area contributed by atoms with Crippen molar-refractivity contribution in [3.05, 3.63) is 36.0 Å². The summed E-state index contributed by atoms with van der Waals surface area (Å²) in [6.45, 7) is 5.27. The molecular formula is C18H22N4O. The van der Waals surface area contributed by atoms with E-state index < -0.39 is 0 Å². The van der Waals surface area contributed by atoms with Crippen LogP contribution < -0.4 is 0 Å². The van der Waals surface area contributed by atoms with Gasteiger partial charge < -0.3 is 9.88 Å². The maximum atomic E-state index is 12.6. The molecule has 1 aromatic carbocycles. The van der Waals surface area contributed by atoms with Crippen LogP contribution in [0.25, 0.3) is 10.9 Å². The van der Waals surface area contributed by atoms with E-state index in [4.69, 9.17) is 5.26 Å². The van der Waals surface area contributed by atoms with Crippen LogP contribution in [-0.4, -0.2) is 52.9 Å². The number of nitrogens with zero attached hydrogens (tertiary/aromatic N) is 3. The van der Waals surface area contributed by atoms with E-state index in [9.17, 15) is 4.79 Å². The van der Waals surface area contributed by atoms with Crippen LogP contribution in [0, 0.1) is 11.3 Å². The molecule has 0 aliphatic carbocycles. The number of carbonyl (C=O) groups excluding carboxylic acids is 1. The maximum absolute atomic E-state index is 12.6. The summed E-state index contributed by atoms with van der Waals surface area (Å²) in [6, 6.07) is 10.6. The zero-order chi connectivity index (χ0) is 16.2. The summed E-state index contributed by atoms with van der Waals surface area (Å²) in [7, 11) is 0. The zero-order valence-corrected chi connectivity index (χ0v) is 13.5. The van der Waals surface area contributed by atoms with Gasteiger partial charge >= 0.3 is 0 Å². The lowest BCUT2D eigenvalue weighted by Gasteiger charge is -2.37. The number of hydrogen-bond donors (Lipinski definition) is 1. The highest BCUT2D eigenvalue weighted by Gasteiger charge is 2.24. The molecular weight excluding hydrogens is 288 g/mol. The highest BCUT2D eigenvalue weighted by Crippen LogP contribution is 2.19. The normalized spacial score (nSPS) is 17.1. The molecule has 3 rings (SSSR count). The van der Waals surface area contributed by atoms with Gasteiger partial charge in [0.05, 0.1) is 18.9 Å². The molecule has 1 amide bonds. The molecule has 2 heterocycles. The van der Waals surface area contributed by atoms with Gasteiger partial charge in [-0.1, -0.05) is 18.2 Å². The summed E-state index contributed by atoms with van der Waals surface area (Å²) in [4.78, 5) is 20.0. The number of amides is 1. The van der Waals surface area contributed by atoms with Gasteiger partial charge in [-0.3, -0.25) is 9.69 Å². The van der Waals surface area contributed by atoms with E-state index >= 15 is 0 Å². The van der Waals surface area contributed by atoms with Crippen molar-refractivity contribution in [3.8, 4) is 6.07 Å². The molecule has 120 valence electrons. The molecule has 1 saturated heterocycles. The third-order valence-electron chi connectivity index (χ3n) is 4.69. The smallest absolute Gasteiger partial charge is 0.227 e. The Morgan fingerprint density at radius 2 is 2.04 bits per heavy atom. The fraction of sp³-hybridized carbons (Fsp3) is 0.444. The number of nitriles is 1. The largest absolute Gasteiger partial charge is 0.361 e. The lowest BCUT2D eigenvalue weighted by atomic mass is 10.1. The van der Waals surface area contributed by atoms with Crippen molar-refractivity contribution in [2.75, 3.05) is 26.2 Å². The van der Waals surface area contributed by atoms with Crippen molar-refractivity contribution >= 4 is 16.8 Å². The predicted octanol–water partition coefficient (Wildman–Crippen LogP) is 2.16. The average Bonchev–Trinajstić information content (AvgIpc) is 2.98. The fourth-order valence-corrected chi connectivity index (χ4v) is 3.23. The van der Waals surface area contributed by atoms with E-state index in [2.05, 4.69) is 28.9 Å². The molecule has 1 aromatic heterocycles. The van der Waals surface area contributed by atoms with E-state index in [1.807, 2.05) is 29.3 Å². The van der Waals surface area contributed by atoms with Crippen LogP contribution in [0.2, 0.25) is 0 Å². The number of aromatic amines is 1. The lowest BCUT2D eigenvalue weighted by molar-refractivity contribution is -0.132. The van der Waals surface area contributed by atoms with Gasteiger partial charge in [0.2, 0.25) is 5.91 Å². The maximum Gasteiger partial charge on any atom is 0.227 e. The van der Waals surface area contributed by atoms with Gasteiger partial charge in [0.1, 0.15) is 0 Å². The number of carbonyl (C=O) groups is 1. The van der Waals surface area contributed by atoms with Crippen LogP contribution in [0.1, 0.15) is 18.9 Å². The monoisotopic (exact) mass is 310 g/mol. The molecule has 1 aliphatic rings. The minimum atomic E-state index is 0.183. The molecule has 23 heavy (non-hydrogen) atoms. The van der Waals surface area contributed by atoms with Crippen LogP contribution in [-0.2, 0) is 11.2 Å². The first-order valence-corrected chi connectivity index (χ1v) is 8.13. The van der Waals surface area contributed by atoms with Crippen molar-refractivity contribution < 1.29 is 4.79 Å². The van der Waals surface area contributed by atoms with E-state index in [1.54, 1.807) is 0 Å². The molecule has 0 radical (unpaired) electrons. The van der Waals surface area contributed by atoms with Crippen LogP contribution in [0.4, 0.5) is 0 Å². The Bertz CT molecular complexity index is 722. The van der Waals surface area contributed by atoms with Crippen molar-refractivity contribution in [2.24, 2.45) is 0 Å². The van der Waals surface area contributed by atoms with Crippen LogP contribution in [0.15, 0.2) is 30.5 Å². The Hall–Kier alpha value is -2.32. The van der Waals surface area contributed by atoms with Crippen LogP contribution in [0.3, 0.4) is 0 Å². The first-order valence-electron chi connectivity index (χ1n) is 8.13. The van der Waals surface area contributed by atoms with Gasteiger partial charge in [-0.15, -0.1) is 0 Å². The Balaban J connectivity index is 1.59. The Labute approximate surface area is 136 Å². The molecule has 1 aliphatic heterocycles. The molecule has 1 atom stereocenters. The number of rotatable bonds is 4. The van der Waals surface area contributed by atoms with Gasteiger partial charge in [0.15, 0.2) is 0 Å². The van der Waals surface area contributed by atoms with Crippen molar-refractivity contribution in [3.63, 3.8) is 0 Å². The number of piperazine rings is 1. The summed E-state index contributed by atoms with van der Waals surface area (Å²) in [6.07, 6.45) is 2.93. The van der Waals surface area contributed by atoms with E-state index in [-0.39, 0.29) is 11.9 Å². The van der Waals surface area contributed by atoms with Crippen LogP contribution in [0.5, 0.6) is 0 Å². The van der Waals surface area contributed by atoms with Gasteiger partial charge in [-0.05, 0) is 18.6 Å². The highest BCUT2D eigenvalue weighted by atomic mass is 16.2. The number of nitrogens with one attached hydrogen (secondary N) is 1. The number of benzene rings is 1. The molecule has 1 N–H and O–H groups in total. The number of fused-ring (bicyclic) bond motifs is 1. The zero-order valence-electron chi connectivity index (χ0n) is 13.5.